The van der Waals surface area contributed by atoms with Crippen LogP contribution in [-0.4, -0.2) is 21.9 Å². The van der Waals surface area contributed by atoms with Crippen LogP contribution in [0.2, 0.25) is 0 Å². The van der Waals surface area contributed by atoms with Gasteiger partial charge in [0.2, 0.25) is 5.78 Å². The number of aliphatic hydroxyl groups excluding tert-OH is 1. The average molecular weight is 450 g/mol. The molecule has 0 aromatic heterocycles. The van der Waals surface area contributed by atoms with E-state index >= 15 is 0 Å². The molecule has 0 heterocycles. The summed E-state index contributed by atoms with van der Waals surface area (Å²) in [5.74, 6) is -2.16. The average Bonchev–Trinajstić information content (AvgIpc) is 2.90. The second-order valence-corrected chi connectivity index (χ2v) is 7.70. The van der Waals surface area contributed by atoms with Gasteiger partial charge in [-0.3, -0.25) is 9.59 Å². The van der Waals surface area contributed by atoms with Crippen LogP contribution in [0.3, 0.4) is 0 Å². The molecule has 0 aliphatic carbocycles. The molecule has 5 nitrogen and oxygen atoms in total. The van der Waals surface area contributed by atoms with E-state index < -0.39 is 17.3 Å². The molecule has 4 aromatic carbocycles. The van der Waals surface area contributed by atoms with E-state index in [9.17, 15) is 19.8 Å². The first-order valence-electron chi connectivity index (χ1n) is 10.7. The second kappa shape index (κ2) is 9.98. The van der Waals surface area contributed by atoms with Crippen LogP contribution in [0.25, 0.3) is 5.76 Å². The molecule has 3 N–H and O–H groups in total. The highest BCUT2D eigenvalue weighted by molar-refractivity contribution is 6.45. The third-order valence-electron chi connectivity index (χ3n) is 5.51. The Morgan fingerprint density at radius 3 is 1.71 bits per heavy atom. The quantitative estimate of drug-likeness (QED) is 0.159. The number of nitrogens with one attached hydrogen (secondary N) is 1. The number of rotatable bonds is 7. The Morgan fingerprint density at radius 1 is 0.676 bits per heavy atom. The molecule has 34 heavy (non-hydrogen) atoms. The maximum atomic E-state index is 12.7. The third-order valence-corrected chi connectivity index (χ3v) is 5.51. The maximum absolute atomic E-state index is 12.7. The van der Waals surface area contributed by atoms with Gasteiger partial charge in [0.25, 0.3) is 5.91 Å². The van der Waals surface area contributed by atoms with E-state index in [1.54, 1.807) is 78.9 Å². The summed E-state index contributed by atoms with van der Waals surface area (Å²) in [6.07, 6.45) is 0.883. The second-order valence-electron chi connectivity index (χ2n) is 7.70. The number of para-hydroxylation sites is 1. The van der Waals surface area contributed by atoms with Gasteiger partial charge < -0.3 is 15.5 Å². The summed E-state index contributed by atoms with van der Waals surface area (Å²) >= 11 is 0. The number of carbonyl (C=O) groups excluding carboxylic acids is 2. The van der Waals surface area contributed by atoms with Gasteiger partial charge in [-0.2, -0.15) is 0 Å². The molecule has 0 aliphatic rings. The first-order chi connectivity index (χ1) is 16.5. The number of carbonyl (C=O) groups is 2. The van der Waals surface area contributed by atoms with Crippen molar-refractivity contribution in [2.45, 2.75) is 5.60 Å². The van der Waals surface area contributed by atoms with Crippen molar-refractivity contribution in [1.82, 2.24) is 0 Å². The minimum atomic E-state index is -1.59. The van der Waals surface area contributed by atoms with Gasteiger partial charge in [-0.1, -0.05) is 109 Å². The van der Waals surface area contributed by atoms with Gasteiger partial charge in [-0.05, 0) is 17.2 Å². The number of anilines is 1. The van der Waals surface area contributed by atoms with Crippen LogP contribution < -0.4 is 5.32 Å². The fourth-order valence-corrected chi connectivity index (χ4v) is 3.81. The van der Waals surface area contributed by atoms with Crippen LogP contribution in [-0.2, 0) is 15.2 Å². The van der Waals surface area contributed by atoms with E-state index in [-0.39, 0.29) is 11.4 Å². The molecule has 4 aromatic rings. The molecule has 0 spiro atoms. The summed E-state index contributed by atoms with van der Waals surface area (Å²) in [6, 6.07) is 33.5. The maximum Gasteiger partial charge on any atom is 0.296 e. The Kier molecular flexibility index (Phi) is 6.67. The lowest BCUT2D eigenvalue weighted by atomic mass is 9.79. The zero-order valence-electron chi connectivity index (χ0n) is 18.3. The Bertz CT molecular complexity index is 1280. The van der Waals surface area contributed by atoms with Crippen molar-refractivity contribution in [1.29, 1.82) is 0 Å². The van der Waals surface area contributed by atoms with E-state index in [1.165, 1.54) is 0 Å². The van der Waals surface area contributed by atoms with E-state index in [0.29, 0.717) is 22.3 Å². The standard InChI is InChI=1S/C29H23NO4/c31-26(21-12-4-1-5-13-21)20-27(32)28(33)30-25-19-11-10-18-24(25)29(34,22-14-6-2-7-15-22)23-16-8-3-9-17-23/h1-20,31,34H,(H,30,33)/b26-20-. The monoisotopic (exact) mass is 449 g/mol. The fourth-order valence-electron chi connectivity index (χ4n) is 3.81. The molecule has 0 saturated carbocycles. The van der Waals surface area contributed by atoms with Crippen molar-refractivity contribution in [3.8, 4) is 0 Å². The highest BCUT2D eigenvalue weighted by Gasteiger charge is 2.36. The molecule has 0 bridgehead atoms. The molecule has 0 saturated heterocycles. The van der Waals surface area contributed by atoms with Crippen molar-refractivity contribution in [3.63, 3.8) is 0 Å². The number of hydrogen-bond donors (Lipinski definition) is 3. The molecule has 0 aliphatic heterocycles. The number of amides is 1. The van der Waals surface area contributed by atoms with Gasteiger partial charge in [0.15, 0.2) is 0 Å². The van der Waals surface area contributed by atoms with E-state index in [4.69, 9.17) is 0 Å². The molecule has 168 valence electrons. The van der Waals surface area contributed by atoms with Gasteiger partial charge in [0.1, 0.15) is 11.4 Å². The number of aliphatic hydroxyl groups is 2. The molecule has 0 unspecified atom stereocenters. The topological polar surface area (TPSA) is 86.6 Å². The van der Waals surface area contributed by atoms with E-state index in [2.05, 4.69) is 5.32 Å². The number of benzene rings is 4. The highest BCUT2D eigenvalue weighted by atomic mass is 16.3. The summed E-state index contributed by atoms with van der Waals surface area (Å²) in [5.41, 5.74) is 0.740. The summed E-state index contributed by atoms with van der Waals surface area (Å²) in [4.78, 5) is 25.3. The third kappa shape index (κ3) is 4.65. The Morgan fingerprint density at radius 2 is 1.15 bits per heavy atom. The minimum absolute atomic E-state index is 0.281. The lowest BCUT2D eigenvalue weighted by Crippen LogP contribution is -2.31. The lowest BCUT2D eigenvalue weighted by Gasteiger charge is -2.31. The van der Waals surface area contributed by atoms with Gasteiger partial charge in [0, 0.05) is 22.9 Å². The summed E-state index contributed by atoms with van der Waals surface area (Å²) < 4.78 is 0. The first kappa shape index (κ1) is 22.7. The van der Waals surface area contributed by atoms with Crippen LogP contribution in [0.15, 0.2) is 121 Å². The van der Waals surface area contributed by atoms with Gasteiger partial charge in [0.05, 0.1) is 0 Å². The van der Waals surface area contributed by atoms with E-state index in [1.807, 2.05) is 36.4 Å². The SMILES string of the molecule is O=C(/C=C(\O)c1ccccc1)C(=O)Nc1ccccc1C(O)(c1ccccc1)c1ccccc1. The summed E-state index contributed by atoms with van der Waals surface area (Å²) in [6.45, 7) is 0. The van der Waals surface area contributed by atoms with Gasteiger partial charge >= 0.3 is 0 Å². The van der Waals surface area contributed by atoms with Crippen LogP contribution in [0.1, 0.15) is 22.3 Å². The molecule has 0 atom stereocenters. The molecule has 4 rings (SSSR count). The largest absolute Gasteiger partial charge is 0.507 e. The Hall–Kier alpha value is -4.48. The number of ketones is 1. The highest BCUT2D eigenvalue weighted by Crippen LogP contribution is 2.40. The molecule has 1 amide bonds. The van der Waals surface area contributed by atoms with Crippen LogP contribution >= 0.6 is 0 Å². The summed E-state index contributed by atoms with van der Waals surface area (Å²) in [7, 11) is 0. The molecule has 0 radical (unpaired) electrons. The van der Waals surface area contributed by atoms with Crippen molar-refractivity contribution in [3.05, 3.63) is 144 Å². The molecular weight excluding hydrogens is 426 g/mol. The van der Waals surface area contributed by atoms with E-state index in [0.717, 1.165) is 6.08 Å². The van der Waals surface area contributed by atoms with Crippen molar-refractivity contribution >= 4 is 23.1 Å². The van der Waals surface area contributed by atoms with Crippen molar-refractivity contribution in [2.24, 2.45) is 0 Å². The minimum Gasteiger partial charge on any atom is -0.507 e. The smallest absolute Gasteiger partial charge is 0.296 e. The zero-order valence-corrected chi connectivity index (χ0v) is 18.3. The van der Waals surface area contributed by atoms with Crippen molar-refractivity contribution < 1.29 is 19.8 Å². The summed E-state index contributed by atoms with van der Waals surface area (Å²) in [5, 5.41) is 24.9. The van der Waals surface area contributed by atoms with Crippen LogP contribution in [0, 0.1) is 0 Å². The van der Waals surface area contributed by atoms with Crippen LogP contribution in [0.4, 0.5) is 5.69 Å². The normalized spacial score (nSPS) is 11.6. The van der Waals surface area contributed by atoms with Gasteiger partial charge in [-0.25, -0.2) is 0 Å². The lowest BCUT2D eigenvalue weighted by molar-refractivity contribution is -0.132. The Balaban J connectivity index is 1.71. The number of hydrogen-bond acceptors (Lipinski definition) is 4. The molecular formula is C29H23NO4. The van der Waals surface area contributed by atoms with Gasteiger partial charge in [-0.15, -0.1) is 0 Å². The fraction of sp³-hybridized carbons (Fsp3) is 0.0345. The van der Waals surface area contributed by atoms with Crippen molar-refractivity contribution in [2.75, 3.05) is 5.32 Å². The molecule has 0 fully saturated rings. The van der Waals surface area contributed by atoms with Crippen LogP contribution in [0.5, 0.6) is 0 Å². The molecule has 5 heteroatoms. The first-order valence-corrected chi connectivity index (χ1v) is 10.7. The Labute approximate surface area is 197 Å². The zero-order chi connectivity index (χ0) is 24.0. The predicted octanol–water partition coefficient (Wildman–Crippen LogP) is 5.08. The predicted molar refractivity (Wildman–Crippen MR) is 132 cm³/mol.